The van der Waals surface area contributed by atoms with Gasteiger partial charge in [-0.3, -0.25) is 19.0 Å². The fourth-order valence-corrected chi connectivity index (χ4v) is 12.3. The molecule has 10 rings (SSSR count). The third kappa shape index (κ3) is 8.68. The van der Waals surface area contributed by atoms with Gasteiger partial charge in [-0.25, -0.2) is 18.7 Å². The molecule has 0 atom stereocenters. The van der Waals surface area contributed by atoms with Gasteiger partial charge in [-0.1, -0.05) is 45.2 Å². The van der Waals surface area contributed by atoms with E-state index in [0.717, 1.165) is 79.9 Å². The molecule has 14 nitrogen and oxygen atoms in total. The van der Waals surface area contributed by atoms with Gasteiger partial charge in [0.2, 0.25) is 11.7 Å². The average Bonchev–Trinajstić information content (AvgIpc) is 3.94. The van der Waals surface area contributed by atoms with Gasteiger partial charge >= 0.3 is 0 Å². The molecule has 2 aromatic carbocycles. The van der Waals surface area contributed by atoms with Crippen LogP contribution >= 0.6 is 11.6 Å². The molecular weight excluding hydrogens is 912 g/mol. The molecule has 1 N–H and O–H groups in total. The van der Waals surface area contributed by atoms with Crippen LogP contribution in [-0.4, -0.2) is 95.5 Å². The predicted octanol–water partition coefficient (Wildman–Crippen LogP) is 8.60. The Morgan fingerprint density at radius 2 is 1.71 bits per heavy atom. The summed E-state index contributed by atoms with van der Waals surface area (Å²) in [5, 5.41) is 22.4. The number of likely N-dealkylation sites (tertiary alicyclic amines) is 1. The van der Waals surface area contributed by atoms with Gasteiger partial charge in [0.05, 0.1) is 34.9 Å². The molecule has 0 unspecified atom stereocenters. The van der Waals surface area contributed by atoms with Gasteiger partial charge in [-0.05, 0) is 79.8 Å². The van der Waals surface area contributed by atoms with E-state index in [4.69, 9.17) is 21.4 Å². The molecule has 3 aromatic heterocycles. The molecule has 2 aliphatic carbocycles. The maximum Gasteiger partial charge on any atom is 0.264 e. The third-order valence-electron chi connectivity index (χ3n) is 15.6. The highest BCUT2D eigenvalue weighted by atomic mass is 35.5. The van der Waals surface area contributed by atoms with Gasteiger partial charge in [-0.15, -0.1) is 0 Å². The lowest BCUT2D eigenvalue weighted by Crippen LogP contribution is -2.74. The number of nitrogens with one attached hydrogen (secondary N) is 1. The van der Waals surface area contributed by atoms with Crippen molar-refractivity contribution in [1.82, 2.24) is 44.6 Å². The molecule has 0 spiro atoms. The number of ether oxygens (including phenoxy) is 1. The summed E-state index contributed by atoms with van der Waals surface area (Å²) in [6.45, 7) is 13.4. The van der Waals surface area contributed by atoms with Gasteiger partial charge in [0.15, 0.2) is 5.82 Å². The quantitative estimate of drug-likeness (QED) is 0.142. The van der Waals surface area contributed by atoms with Crippen LogP contribution in [0, 0.1) is 39.9 Å². The number of hydrogen-bond acceptors (Lipinski definition) is 10. The van der Waals surface area contributed by atoms with E-state index in [2.05, 4.69) is 80.5 Å². The number of nitrogens with zero attached hydrogens (tertiary/aromatic N) is 10. The Bertz CT molecular complexity index is 2940. The minimum absolute atomic E-state index is 0.0143. The van der Waals surface area contributed by atoms with Crippen LogP contribution < -0.4 is 15.0 Å². The summed E-state index contributed by atoms with van der Waals surface area (Å²) in [7, 11) is 1.78. The molecule has 5 aromatic rings. The van der Waals surface area contributed by atoms with E-state index in [0.29, 0.717) is 70.9 Å². The number of nitriles is 1. The Labute approximate surface area is 412 Å². The highest BCUT2D eigenvalue weighted by Crippen LogP contribution is 2.56. The van der Waals surface area contributed by atoms with Gasteiger partial charge in [-0.2, -0.15) is 15.5 Å². The molecule has 6 heterocycles. The van der Waals surface area contributed by atoms with Gasteiger partial charge in [0.1, 0.15) is 17.9 Å². The van der Waals surface area contributed by atoms with Crippen molar-refractivity contribution >= 4 is 34.9 Å². The van der Waals surface area contributed by atoms with Crippen LogP contribution in [-0.2, 0) is 31.2 Å². The fourth-order valence-electron chi connectivity index (χ4n) is 12.1. The Kier molecular flexibility index (Phi) is 12.5. The lowest BCUT2D eigenvalue weighted by atomic mass is 9.49. The molecule has 2 amide bonds. The van der Waals surface area contributed by atoms with Crippen molar-refractivity contribution in [2.75, 3.05) is 31.1 Å². The highest BCUT2D eigenvalue weighted by molar-refractivity contribution is 6.31. The summed E-state index contributed by atoms with van der Waals surface area (Å²) in [5.41, 5.74) is 5.01. The van der Waals surface area contributed by atoms with Crippen LogP contribution in [0.25, 0.3) is 11.1 Å². The summed E-state index contributed by atoms with van der Waals surface area (Å²) < 4.78 is 39.7. The van der Waals surface area contributed by atoms with E-state index in [-0.39, 0.29) is 41.5 Å². The van der Waals surface area contributed by atoms with Gasteiger partial charge in [0.25, 0.3) is 12.3 Å². The van der Waals surface area contributed by atoms with Crippen LogP contribution in [0.3, 0.4) is 0 Å². The van der Waals surface area contributed by atoms with Crippen LogP contribution in [0.2, 0.25) is 5.02 Å². The number of fused-ring (bicyclic) bond motifs is 2. The number of rotatable bonds is 9. The highest BCUT2D eigenvalue weighted by Gasteiger charge is 2.64. The zero-order valence-corrected chi connectivity index (χ0v) is 41.2. The van der Waals surface area contributed by atoms with Crippen molar-refractivity contribution in [2.45, 2.75) is 117 Å². The largest absolute Gasteiger partial charge is 0.489 e. The maximum absolute atomic E-state index is 14.8. The summed E-state index contributed by atoms with van der Waals surface area (Å²) in [6.07, 6.45) is 9.70. The molecule has 17 heteroatoms. The third-order valence-corrected chi connectivity index (χ3v) is 15.9. The molecular formula is C53H58ClF2N11O3. The molecule has 0 radical (unpaired) electrons. The molecule has 364 valence electrons. The minimum atomic E-state index is -2.67. The van der Waals surface area contributed by atoms with E-state index < -0.39 is 17.3 Å². The number of carbonyl (C=O) groups excluding carboxylic acids is 2. The molecule has 3 fully saturated rings. The molecule has 1 saturated heterocycles. The van der Waals surface area contributed by atoms with E-state index in [1.54, 1.807) is 55.3 Å². The second kappa shape index (κ2) is 18.4. The van der Waals surface area contributed by atoms with E-state index in [1.165, 1.54) is 12.4 Å². The predicted molar refractivity (Wildman–Crippen MR) is 261 cm³/mol. The van der Waals surface area contributed by atoms with Crippen molar-refractivity contribution in [3.8, 4) is 34.8 Å². The number of anilines is 2. The lowest BCUT2D eigenvalue weighted by molar-refractivity contribution is -0.164. The Balaban J connectivity index is 0.755. The molecule has 70 heavy (non-hydrogen) atoms. The maximum atomic E-state index is 14.8. The van der Waals surface area contributed by atoms with Crippen molar-refractivity contribution in [2.24, 2.45) is 23.8 Å². The monoisotopic (exact) mass is 969 g/mol. The number of amides is 2. The minimum Gasteiger partial charge on any atom is -0.489 e. The van der Waals surface area contributed by atoms with Crippen molar-refractivity contribution in [3.05, 3.63) is 99.5 Å². The number of aromatic nitrogens is 6. The fraction of sp³-hybridized carbons (Fsp3) is 0.491. The number of piperidine rings is 1. The molecule has 0 bridgehead atoms. The Morgan fingerprint density at radius 1 is 0.971 bits per heavy atom. The summed E-state index contributed by atoms with van der Waals surface area (Å²) >= 11 is 6.26. The number of alkyl halides is 2. The van der Waals surface area contributed by atoms with Crippen LogP contribution in [0.15, 0.2) is 55.1 Å². The first-order valence-electron chi connectivity index (χ1n) is 24.3. The summed E-state index contributed by atoms with van der Waals surface area (Å²) in [5.74, 6) is 8.22. The topological polar surface area (TPSA) is 150 Å². The number of halogens is 3. The Hall–Kier alpha value is -6.36. The first-order chi connectivity index (χ1) is 33.5. The zero-order chi connectivity index (χ0) is 49.2. The SMILES string of the molecule is CC(=O)N1CCc2c(c(N3CCCc4cc(-c5cnn(C)c5)c(C(F)F)cc43)nn2C2CCN(C3CC(C#Cc4ncc(C(=O)NC5C(C)(C)C(Oc6ccc(C#N)c(Cl)c6)C5(C)C)cn4)C3)CC2)C1. The van der Waals surface area contributed by atoms with Crippen LogP contribution in [0.1, 0.15) is 123 Å². The summed E-state index contributed by atoms with van der Waals surface area (Å²) in [6, 6.07) is 11.1. The number of benzene rings is 2. The van der Waals surface area contributed by atoms with E-state index in [9.17, 15) is 23.6 Å². The summed E-state index contributed by atoms with van der Waals surface area (Å²) in [4.78, 5) is 41.5. The lowest BCUT2D eigenvalue weighted by Gasteiger charge is -2.63. The van der Waals surface area contributed by atoms with Crippen LogP contribution in [0.4, 0.5) is 20.3 Å². The normalized spacial score (nSPS) is 22.7. The van der Waals surface area contributed by atoms with Gasteiger partial charge in [0, 0.05) is 128 Å². The standard InChI is InChI=1S/C53H58ClF2N11O3/c1-31(68)65-19-15-44-42(30-65)48(66-16-7-8-33-22-40(36-28-60-63(6)29-36)41(47(55)56)24-45(33)66)62-67(44)37-13-17-64(18-14-37)38-20-32(21-38)9-12-46-58-26-35(27-59-46)49(69)61-50-52(2,3)51(53(50,4)5)70-39-11-10-34(25-57)43(54)23-39/h10-11,22-24,26-29,32,37-38,47,50-51H,7-8,13-21,30H2,1-6H3,(H,61,69). The smallest absolute Gasteiger partial charge is 0.264 e. The van der Waals surface area contributed by atoms with Crippen LogP contribution in [0.5, 0.6) is 5.75 Å². The van der Waals surface area contributed by atoms with Crippen molar-refractivity contribution in [1.29, 1.82) is 5.26 Å². The van der Waals surface area contributed by atoms with Crippen molar-refractivity contribution in [3.63, 3.8) is 0 Å². The number of carbonyl (C=O) groups is 2. The Morgan fingerprint density at radius 3 is 2.37 bits per heavy atom. The van der Waals surface area contributed by atoms with Crippen molar-refractivity contribution < 1.29 is 23.1 Å². The second-order valence-electron chi connectivity index (χ2n) is 20.9. The van der Waals surface area contributed by atoms with Gasteiger partial charge < -0.3 is 24.8 Å². The second-order valence-corrected chi connectivity index (χ2v) is 21.3. The number of aryl methyl sites for hydroxylation is 2. The first kappa shape index (κ1) is 47.3. The molecule has 5 aliphatic rings. The number of hydrogen-bond donors (Lipinski definition) is 1. The molecule has 3 aliphatic heterocycles. The molecule has 2 saturated carbocycles. The zero-order valence-electron chi connectivity index (χ0n) is 40.5. The van der Waals surface area contributed by atoms with E-state index >= 15 is 0 Å². The van der Waals surface area contributed by atoms with E-state index in [1.807, 2.05) is 11.0 Å². The first-order valence-corrected chi connectivity index (χ1v) is 24.7. The average molecular weight is 971 g/mol.